The first-order chi connectivity index (χ1) is 29.3. The molecule has 0 spiro atoms. The Kier molecular flexibility index (Phi) is 9.87. The maximum absolute atomic E-state index is 14.9. The van der Waals surface area contributed by atoms with Gasteiger partial charge in [-0.3, -0.25) is 38.6 Å². The SMILES string of the molecule is CC(C)c1cc(N2CCCc3cc(-c4ccc(C(=O)NCc5cc(-c6cccc7c6CN(C6CCC(=O)NC6=O)C7=O)on5)nc4)c(C(F)F)cc32)cc2c1n(C)c(=O)n2C. The molecule has 0 bridgehead atoms. The van der Waals surface area contributed by atoms with Crippen molar-refractivity contribution in [2.24, 2.45) is 14.1 Å². The number of hydrogen-bond donors (Lipinski definition) is 2. The normalized spacial score (nSPS) is 16.5. The van der Waals surface area contributed by atoms with E-state index in [-0.39, 0.29) is 60.6 Å². The quantitative estimate of drug-likeness (QED) is 0.156. The van der Waals surface area contributed by atoms with Crippen LogP contribution in [0, 0.1) is 0 Å². The van der Waals surface area contributed by atoms with E-state index < -0.39 is 24.3 Å². The van der Waals surface area contributed by atoms with E-state index >= 15 is 0 Å². The molecule has 3 aromatic carbocycles. The molecule has 1 fully saturated rings. The smallest absolute Gasteiger partial charge is 0.328 e. The largest absolute Gasteiger partial charge is 0.356 e. The zero-order valence-corrected chi connectivity index (χ0v) is 33.9. The number of fused-ring (bicyclic) bond motifs is 3. The minimum atomic E-state index is -2.79. The van der Waals surface area contributed by atoms with Crippen molar-refractivity contribution < 1.29 is 32.5 Å². The molecule has 3 aliphatic rings. The molecule has 4 amide bonds. The number of nitrogens with zero attached hydrogens (tertiary/aromatic N) is 6. The second-order valence-corrected chi connectivity index (χ2v) is 16.1. The van der Waals surface area contributed by atoms with E-state index in [9.17, 15) is 32.8 Å². The molecule has 9 rings (SSSR count). The van der Waals surface area contributed by atoms with Crippen LogP contribution in [0.4, 0.5) is 20.2 Å². The molecule has 16 heteroatoms. The number of carbonyl (C=O) groups is 4. The first-order valence-corrected chi connectivity index (χ1v) is 20.2. The first kappa shape index (κ1) is 39.5. The fourth-order valence-corrected chi connectivity index (χ4v) is 8.90. The zero-order chi connectivity index (χ0) is 42.9. The van der Waals surface area contributed by atoms with E-state index in [2.05, 4.69) is 45.6 Å². The van der Waals surface area contributed by atoms with Crippen molar-refractivity contribution in [2.75, 3.05) is 11.4 Å². The highest BCUT2D eigenvalue weighted by molar-refractivity contribution is 6.06. The van der Waals surface area contributed by atoms with E-state index in [1.165, 1.54) is 17.2 Å². The van der Waals surface area contributed by atoms with Gasteiger partial charge in [-0.15, -0.1) is 0 Å². The minimum Gasteiger partial charge on any atom is -0.356 e. The molecule has 0 aliphatic carbocycles. The molecule has 0 saturated carbocycles. The van der Waals surface area contributed by atoms with Gasteiger partial charge in [0.25, 0.3) is 18.2 Å². The number of imide groups is 1. The van der Waals surface area contributed by atoms with Crippen molar-refractivity contribution >= 4 is 46.0 Å². The van der Waals surface area contributed by atoms with Gasteiger partial charge < -0.3 is 19.6 Å². The molecule has 3 aliphatic heterocycles. The third-order valence-corrected chi connectivity index (χ3v) is 12.1. The molecular weight excluding hydrogens is 787 g/mol. The predicted molar refractivity (Wildman–Crippen MR) is 221 cm³/mol. The molecule has 6 aromatic rings. The lowest BCUT2D eigenvalue weighted by Crippen LogP contribution is -2.52. The summed E-state index contributed by atoms with van der Waals surface area (Å²) in [4.78, 5) is 71.5. The monoisotopic (exact) mass is 828 g/mol. The molecule has 0 radical (unpaired) electrons. The predicted octanol–water partition coefficient (Wildman–Crippen LogP) is 6.43. The molecule has 312 valence electrons. The molecule has 14 nitrogen and oxygen atoms in total. The summed E-state index contributed by atoms with van der Waals surface area (Å²) in [5.74, 6) is -1.20. The van der Waals surface area contributed by atoms with Crippen LogP contribution in [0.1, 0.15) is 94.2 Å². The van der Waals surface area contributed by atoms with Crippen LogP contribution < -0.4 is 21.2 Å². The summed E-state index contributed by atoms with van der Waals surface area (Å²) in [7, 11) is 3.50. The van der Waals surface area contributed by atoms with Crippen LogP contribution in [0.25, 0.3) is 33.5 Å². The lowest BCUT2D eigenvalue weighted by atomic mass is 9.91. The van der Waals surface area contributed by atoms with Gasteiger partial charge in [-0.05, 0) is 83.8 Å². The number of imidazole rings is 1. The second-order valence-electron chi connectivity index (χ2n) is 16.1. The average Bonchev–Trinajstić information content (AvgIpc) is 3.93. The summed E-state index contributed by atoms with van der Waals surface area (Å²) < 4.78 is 38.6. The number of benzene rings is 3. The van der Waals surface area contributed by atoms with Crippen LogP contribution in [0.2, 0.25) is 0 Å². The number of pyridine rings is 1. The van der Waals surface area contributed by atoms with Gasteiger partial charge in [-0.2, -0.15) is 0 Å². The van der Waals surface area contributed by atoms with Gasteiger partial charge in [0.2, 0.25) is 11.8 Å². The number of piperidine rings is 1. The van der Waals surface area contributed by atoms with E-state index in [4.69, 9.17) is 4.52 Å². The Morgan fingerprint density at radius 2 is 1.75 bits per heavy atom. The highest BCUT2D eigenvalue weighted by Crippen LogP contribution is 2.43. The molecule has 2 N–H and O–H groups in total. The van der Waals surface area contributed by atoms with Gasteiger partial charge in [-0.25, -0.2) is 13.6 Å². The Balaban J connectivity index is 0.914. The van der Waals surface area contributed by atoms with Crippen molar-refractivity contribution in [2.45, 2.75) is 71.0 Å². The molecule has 3 aromatic heterocycles. The van der Waals surface area contributed by atoms with E-state index in [0.29, 0.717) is 57.9 Å². The van der Waals surface area contributed by atoms with Crippen molar-refractivity contribution in [3.63, 3.8) is 0 Å². The number of hydrogen-bond acceptors (Lipinski definition) is 9. The van der Waals surface area contributed by atoms with Crippen molar-refractivity contribution in [1.29, 1.82) is 0 Å². The summed E-state index contributed by atoms with van der Waals surface area (Å²) in [5.41, 5.74) is 7.77. The molecular formula is C45H42F2N8O6. The maximum atomic E-state index is 14.9. The lowest BCUT2D eigenvalue weighted by Gasteiger charge is -2.33. The van der Waals surface area contributed by atoms with Crippen molar-refractivity contribution in [1.82, 2.24) is 34.8 Å². The summed E-state index contributed by atoms with van der Waals surface area (Å²) in [5, 5.41) is 9.18. The molecule has 6 heterocycles. The third kappa shape index (κ3) is 6.85. The Morgan fingerprint density at radius 1 is 0.951 bits per heavy atom. The highest BCUT2D eigenvalue weighted by Gasteiger charge is 2.40. The Bertz CT molecular complexity index is 2860. The van der Waals surface area contributed by atoms with Gasteiger partial charge in [0, 0.05) is 79.5 Å². The van der Waals surface area contributed by atoms with Gasteiger partial charge in [0.15, 0.2) is 5.76 Å². The average molecular weight is 829 g/mol. The summed E-state index contributed by atoms with van der Waals surface area (Å²) in [6.07, 6.45) is 0.508. The Morgan fingerprint density at radius 3 is 2.49 bits per heavy atom. The maximum Gasteiger partial charge on any atom is 0.328 e. The lowest BCUT2D eigenvalue weighted by molar-refractivity contribution is -0.136. The van der Waals surface area contributed by atoms with Gasteiger partial charge >= 0.3 is 5.69 Å². The van der Waals surface area contributed by atoms with E-state index in [0.717, 1.165) is 34.3 Å². The van der Waals surface area contributed by atoms with Gasteiger partial charge in [-0.1, -0.05) is 37.2 Å². The fourth-order valence-electron chi connectivity index (χ4n) is 8.90. The number of amides is 4. The minimum absolute atomic E-state index is 0.00878. The molecule has 1 saturated heterocycles. The number of aryl methyl sites for hydroxylation is 3. The Hall–Kier alpha value is -6.97. The zero-order valence-electron chi connectivity index (χ0n) is 33.9. The van der Waals surface area contributed by atoms with E-state index in [1.54, 1.807) is 65.7 Å². The van der Waals surface area contributed by atoms with Crippen molar-refractivity contribution in [3.05, 3.63) is 117 Å². The molecule has 1 unspecified atom stereocenters. The highest BCUT2D eigenvalue weighted by atomic mass is 19.3. The van der Waals surface area contributed by atoms with Crippen LogP contribution in [-0.4, -0.2) is 60.4 Å². The van der Waals surface area contributed by atoms with Crippen LogP contribution >= 0.6 is 0 Å². The molecule has 61 heavy (non-hydrogen) atoms. The van der Waals surface area contributed by atoms with Crippen LogP contribution in [0.5, 0.6) is 0 Å². The van der Waals surface area contributed by atoms with Gasteiger partial charge in [0.05, 0.1) is 17.6 Å². The van der Waals surface area contributed by atoms with Crippen LogP contribution in [0.3, 0.4) is 0 Å². The summed E-state index contributed by atoms with van der Waals surface area (Å²) in [6, 6.07) is 16.5. The van der Waals surface area contributed by atoms with Crippen LogP contribution in [0.15, 0.2) is 76.2 Å². The molecule has 1 atom stereocenters. The number of halogens is 2. The summed E-state index contributed by atoms with van der Waals surface area (Å²) >= 11 is 0. The first-order valence-electron chi connectivity index (χ1n) is 20.2. The van der Waals surface area contributed by atoms with Gasteiger partial charge in [0.1, 0.15) is 17.4 Å². The van der Waals surface area contributed by atoms with Crippen molar-refractivity contribution in [3.8, 4) is 22.5 Å². The number of alkyl halides is 2. The number of nitrogens with one attached hydrogen (secondary N) is 2. The fraction of sp³-hybridized carbons (Fsp3) is 0.311. The third-order valence-electron chi connectivity index (χ3n) is 12.1. The Labute approximate surface area is 348 Å². The number of anilines is 2. The van der Waals surface area contributed by atoms with Crippen LogP contribution in [-0.2, 0) is 43.2 Å². The number of aromatic nitrogens is 4. The number of carbonyl (C=O) groups excluding carboxylic acids is 4. The number of rotatable bonds is 9. The van der Waals surface area contributed by atoms with E-state index in [1.807, 2.05) is 6.07 Å². The standard InChI is InChI=1S/C45H42F2N8O6/c1-23(2)30-17-27(18-37-40(30)53(4)45(60)52(37)3)54-14-6-7-24-15-31(32(41(46)47)19-36(24)54)25-10-11-34(48-20-25)42(57)49-21-26-16-38(61-51-26)28-8-5-9-29-33(28)22-55(44(29)59)35-12-13-39(56)50-43(35)58/h5,8-11,15-20,23,35,41H,6-7,12-14,21-22H2,1-4H3,(H,49,57)(H,50,56,58). The topological polar surface area (TPSA) is 165 Å². The summed E-state index contributed by atoms with van der Waals surface area (Å²) in [6.45, 7) is 4.91. The second kappa shape index (κ2) is 15.2.